The van der Waals surface area contributed by atoms with Crippen LogP contribution in [0.25, 0.3) is 0 Å². The van der Waals surface area contributed by atoms with Crippen molar-refractivity contribution in [3.05, 3.63) is 78.9 Å². The third-order valence-corrected chi connectivity index (χ3v) is 12.7. The molecule has 0 atom stereocenters. The van der Waals surface area contributed by atoms with Crippen LogP contribution in [0.3, 0.4) is 0 Å². The summed E-state index contributed by atoms with van der Waals surface area (Å²) in [6.07, 6.45) is 0. The van der Waals surface area contributed by atoms with Crippen LogP contribution in [-0.2, 0) is 81.5 Å². The van der Waals surface area contributed by atoms with Crippen molar-refractivity contribution in [1.29, 1.82) is 0 Å². The molecule has 0 bridgehead atoms. The Bertz CT molecular complexity index is 5050. The Labute approximate surface area is 653 Å². The van der Waals surface area contributed by atoms with Gasteiger partial charge in [0.15, 0.2) is 80.5 Å². The second-order valence-electron chi connectivity index (χ2n) is 23.1. The van der Waals surface area contributed by atoms with E-state index in [4.69, 9.17) is 109 Å². The molecule has 40 heteroatoms. The Kier molecular flexibility index (Phi) is 28.9. The number of ether oxygens (including phenoxy) is 23. The monoisotopic (exact) mass is 1620 g/mol. The second kappa shape index (κ2) is 38.3. The Hall–Kier alpha value is -15.7. The van der Waals surface area contributed by atoms with E-state index >= 15 is 0 Å². The molecule has 0 radical (unpaired) electrons. The molecule has 0 spiro atoms. The number of esters is 17. The number of carbonyl (C=O) groups excluding carboxylic acids is 17. The highest BCUT2D eigenvalue weighted by atomic mass is 16.7. The zero-order chi connectivity index (χ0) is 86.0. The summed E-state index contributed by atoms with van der Waals surface area (Å²) in [4.78, 5) is 218. The lowest BCUT2D eigenvalue weighted by Crippen LogP contribution is -2.12. The van der Waals surface area contributed by atoms with Gasteiger partial charge < -0.3 is 109 Å². The molecule has 7 aromatic carbocycles. The average molecular weight is 1620 g/mol. The quantitative estimate of drug-likeness (QED) is 0.0310. The molecular formula is C76H64O40. The Morgan fingerprint density at radius 3 is 0.474 bits per heavy atom. The van der Waals surface area contributed by atoms with E-state index in [2.05, 4.69) is 0 Å². The smallest absolute Gasteiger partial charge is 0.308 e. The van der Waals surface area contributed by atoms with E-state index in [-0.39, 0.29) is 5.75 Å². The second-order valence-corrected chi connectivity index (χ2v) is 23.1. The van der Waals surface area contributed by atoms with E-state index < -0.39 is 262 Å². The van der Waals surface area contributed by atoms with Gasteiger partial charge in [-0.15, -0.1) is 0 Å². The Morgan fingerprint density at radius 2 is 0.276 bits per heavy atom. The van der Waals surface area contributed by atoms with Crippen molar-refractivity contribution in [2.75, 3.05) is 0 Å². The minimum atomic E-state index is -1.26. The first kappa shape index (κ1) is 87.6. The highest BCUT2D eigenvalue weighted by Crippen LogP contribution is 2.59. The van der Waals surface area contributed by atoms with Crippen LogP contribution in [0.5, 0.6) is 167 Å². The first-order valence-corrected chi connectivity index (χ1v) is 32.9. The molecule has 608 valence electrons. The minimum absolute atomic E-state index is 0.310. The minimum Gasteiger partial charge on any atom is -0.449 e. The summed E-state index contributed by atoms with van der Waals surface area (Å²) >= 11 is 0. The van der Waals surface area contributed by atoms with Crippen LogP contribution in [0.1, 0.15) is 118 Å². The van der Waals surface area contributed by atoms with Gasteiger partial charge in [0.2, 0.25) is 51.7 Å². The maximum atomic E-state index is 13.3. The molecule has 7 rings (SSSR count). The van der Waals surface area contributed by atoms with Gasteiger partial charge in [-0.2, -0.15) is 0 Å². The average Bonchev–Trinajstić information content (AvgIpc) is 0.770. The lowest BCUT2D eigenvalue weighted by molar-refractivity contribution is -0.135. The van der Waals surface area contributed by atoms with Crippen LogP contribution in [0.4, 0.5) is 0 Å². The van der Waals surface area contributed by atoms with Gasteiger partial charge >= 0.3 is 101 Å². The predicted octanol–water partition coefficient (Wildman–Crippen LogP) is 11.2. The third-order valence-electron chi connectivity index (χ3n) is 12.7. The number of hydrogen-bond acceptors (Lipinski definition) is 40. The van der Waals surface area contributed by atoms with Crippen molar-refractivity contribution in [2.24, 2.45) is 0 Å². The molecule has 0 heterocycles. The summed E-state index contributed by atoms with van der Waals surface area (Å²) in [5.74, 6) is -38.5. The first-order valence-electron chi connectivity index (χ1n) is 32.9. The van der Waals surface area contributed by atoms with Gasteiger partial charge in [0.25, 0.3) is 0 Å². The van der Waals surface area contributed by atoms with Crippen LogP contribution in [-0.4, -0.2) is 101 Å². The summed E-state index contributed by atoms with van der Waals surface area (Å²) in [6, 6.07) is 11.7. The summed E-state index contributed by atoms with van der Waals surface area (Å²) in [6.45, 7) is 15.6. The van der Waals surface area contributed by atoms with E-state index in [9.17, 15) is 81.5 Å². The fourth-order valence-corrected chi connectivity index (χ4v) is 9.51. The number of carbonyl (C=O) groups is 17. The molecule has 0 aliphatic heterocycles. The SMILES string of the molecule is CC(=O)Oc1cc(OC(C)=O)c(Oc2cc(OC(C)=O)c(Oc3cc(OC(C)=O)c(Oc4cc(OC(C)=O)c(OC(C)=O)c(OC(C)=O)c4Oc4cc(OC(C)=O)c(Oc5cc(OC(C)=O)c(Oc6cc(OC(C)=O)c(OC(C)=O)c(OC(C)=O)c6)c(OC(C)=O)c5)c(OC(C)=O)c4)c(OC(C)=O)c3)c(OC(C)=O)c2)c(OC(C)=O)c1. The van der Waals surface area contributed by atoms with E-state index in [0.29, 0.717) is 0 Å². The molecule has 0 amide bonds. The molecule has 7 aromatic rings. The molecule has 0 saturated heterocycles. The maximum Gasteiger partial charge on any atom is 0.308 e. The van der Waals surface area contributed by atoms with Gasteiger partial charge in [-0.1, -0.05) is 0 Å². The molecular weight excluding hydrogens is 1550 g/mol. The lowest BCUT2D eigenvalue weighted by atomic mass is 10.2. The highest BCUT2D eigenvalue weighted by Gasteiger charge is 2.35. The predicted molar refractivity (Wildman–Crippen MR) is 378 cm³/mol. The number of benzene rings is 7. The zero-order valence-corrected chi connectivity index (χ0v) is 63.8. The topological polar surface area (TPSA) is 502 Å². The van der Waals surface area contributed by atoms with Crippen LogP contribution in [0.2, 0.25) is 0 Å². The summed E-state index contributed by atoms with van der Waals surface area (Å²) < 4.78 is 130. The molecule has 0 aromatic heterocycles. The van der Waals surface area contributed by atoms with E-state index in [0.717, 1.165) is 197 Å². The molecule has 0 N–H and O–H groups in total. The van der Waals surface area contributed by atoms with Gasteiger partial charge in [0.1, 0.15) is 34.5 Å². The van der Waals surface area contributed by atoms with Gasteiger partial charge in [-0.25, -0.2) is 0 Å². The summed E-state index contributed by atoms with van der Waals surface area (Å²) in [7, 11) is 0. The van der Waals surface area contributed by atoms with E-state index in [1.54, 1.807) is 0 Å². The summed E-state index contributed by atoms with van der Waals surface area (Å²) in [5.41, 5.74) is 0. The van der Waals surface area contributed by atoms with Gasteiger partial charge in [0, 0.05) is 197 Å². The zero-order valence-electron chi connectivity index (χ0n) is 63.8. The molecule has 116 heavy (non-hydrogen) atoms. The Balaban J connectivity index is 1.48. The molecule has 0 saturated carbocycles. The lowest BCUT2D eigenvalue weighted by Gasteiger charge is -2.23. The number of rotatable bonds is 29. The van der Waals surface area contributed by atoms with Crippen molar-refractivity contribution in [3.8, 4) is 167 Å². The van der Waals surface area contributed by atoms with Crippen LogP contribution in [0, 0.1) is 0 Å². The molecule has 40 nitrogen and oxygen atoms in total. The van der Waals surface area contributed by atoms with Crippen LogP contribution >= 0.6 is 0 Å². The van der Waals surface area contributed by atoms with E-state index in [1.165, 1.54) is 0 Å². The normalized spacial score (nSPS) is 10.4. The Morgan fingerprint density at radius 1 is 0.129 bits per heavy atom. The molecule has 0 fully saturated rings. The molecule has 0 aliphatic carbocycles. The largest absolute Gasteiger partial charge is 0.449 e. The van der Waals surface area contributed by atoms with Crippen molar-refractivity contribution >= 4 is 101 Å². The standard InChI is InChI=1S/C76H64O40/c1-31(77)94-48-18-56(97-34(4)80)69(57(19-48)98-35(5)81)112-50-22-60(101-38(8)84)71(61(23-50)102-39(9)85)114-52-26-64(105-42(12)88)73(65(27-52)106-43(13)89)116-67-30-66(107-44(14)90)74(109-46(16)92)76(110-47(17)93)75(67)115-53-28-62(103-40(10)86)72(63(29-53)104-41(11)87)113-51-24-58(99-36(6)82)70(59(25-51)100-37(7)83)111-49-20-54(95-32(2)78)68(108-45(15)91)55(21-49)96-33(3)79/h18-30H,1-17H3. The summed E-state index contributed by atoms with van der Waals surface area (Å²) in [5, 5.41) is 0. The van der Waals surface area contributed by atoms with Crippen LogP contribution < -0.4 is 109 Å². The van der Waals surface area contributed by atoms with Crippen molar-refractivity contribution in [2.45, 2.75) is 118 Å². The van der Waals surface area contributed by atoms with Gasteiger partial charge in [0.05, 0.1) is 0 Å². The maximum absolute atomic E-state index is 13.3. The van der Waals surface area contributed by atoms with Crippen molar-refractivity contribution in [3.63, 3.8) is 0 Å². The van der Waals surface area contributed by atoms with Crippen molar-refractivity contribution in [1.82, 2.24) is 0 Å². The molecule has 0 aliphatic rings. The highest BCUT2D eigenvalue weighted by molar-refractivity contribution is 5.86. The van der Waals surface area contributed by atoms with E-state index in [1.807, 2.05) is 0 Å². The van der Waals surface area contributed by atoms with Crippen molar-refractivity contribution < 1.29 is 190 Å². The number of hydrogen-bond donors (Lipinski definition) is 0. The van der Waals surface area contributed by atoms with Gasteiger partial charge in [-0.3, -0.25) is 81.5 Å². The first-order chi connectivity index (χ1) is 54.4. The third kappa shape index (κ3) is 25.2. The fraction of sp³-hybridized carbons (Fsp3) is 0.224. The fourth-order valence-electron chi connectivity index (χ4n) is 9.51. The van der Waals surface area contributed by atoms with Gasteiger partial charge in [-0.05, 0) is 0 Å². The molecule has 0 unspecified atom stereocenters. The van der Waals surface area contributed by atoms with Crippen LogP contribution in [0.15, 0.2) is 78.9 Å².